The highest BCUT2D eigenvalue weighted by molar-refractivity contribution is 5.76. The molecule has 0 bridgehead atoms. The smallest absolute Gasteiger partial charge is 0.310 e. The van der Waals surface area contributed by atoms with Crippen LogP contribution in [0, 0.1) is 12.7 Å². The van der Waals surface area contributed by atoms with Gasteiger partial charge in [-0.3, -0.25) is 4.79 Å². The summed E-state index contributed by atoms with van der Waals surface area (Å²) >= 11 is 0. The van der Waals surface area contributed by atoms with Crippen molar-refractivity contribution in [3.8, 4) is 23.0 Å². The molecule has 0 saturated heterocycles. The first kappa shape index (κ1) is 24.0. The maximum Gasteiger partial charge on any atom is 0.310 e. The van der Waals surface area contributed by atoms with E-state index in [1.54, 1.807) is 37.3 Å². The van der Waals surface area contributed by atoms with Gasteiger partial charge in [0.1, 0.15) is 29.7 Å². The molecule has 0 aliphatic carbocycles. The molecule has 180 valence electrons. The number of aryl methyl sites for hydroxylation is 1. The third-order valence-corrected chi connectivity index (χ3v) is 5.66. The molecule has 1 N–H and O–H groups in total. The highest BCUT2D eigenvalue weighted by Crippen LogP contribution is 2.27. The van der Waals surface area contributed by atoms with Gasteiger partial charge in [-0.2, -0.15) is 0 Å². The molecule has 7 heteroatoms. The van der Waals surface area contributed by atoms with Crippen molar-refractivity contribution in [3.05, 3.63) is 101 Å². The van der Waals surface area contributed by atoms with Gasteiger partial charge in [-0.25, -0.2) is 9.37 Å². The van der Waals surface area contributed by atoms with Crippen LogP contribution in [0.15, 0.2) is 77.2 Å². The number of hydrogen-bond acceptors (Lipinski definition) is 5. The van der Waals surface area contributed by atoms with E-state index in [2.05, 4.69) is 4.98 Å². The first-order valence-electron chi connectivity index (χ1n) is 11.3. The average Bonchev–Trinajstić information content (AvgIpc) is 3.23. The topological polar surface area (TPSA) is 81.8 Å². The lowest BCUT2D eigenvalue weighted by Crippen LogP contribution is -2.12. The number of oxazole rings is 1. The molecule has 35 heavy (non-hydrogen) atoms. The Morgan fingerprint density at radius 3 is 2.54 bits per heavy atom. The molecule has 1 atom stereocenters. The van der Waals surface area contributed by atoms with Crippen LogP contribution in [-0.2, 0) is 17.8 Å². The Labute approximate surface area is 203 Å². The van der Waals surface area contributed by atoms with E-state index < -0.39 is 17.7 Å². The van der Waals surface area contributed by atoms with Crippen LogP contribution in [0.3, 0.4) is 0 Å². The van der Waals surface area contributed by atoms with Gasteiger partial charge in [0.15, 0.2) is 0 Å². The van der Waals surface area contributed by atoms with Gasteiger partial charge in [-0.1, -0.05) is 30.3 Å². The molecule has 0 fully saturated rings. The first-order valence-corrected chi connectivity index (χ1v) is 11.3. The fourth-order valence-corrected chi connectivity index (χ4v) is 3.70. The largest absolute Gasteiger partial charge is 0.493 e. The fraction of sp³-hybridized carbons (Fsp3) is 0.214. The Morgan fingerprint density at radius 1 is 1.03 bits per heavy atom. The number of ether oxygens (including phenoxy) is 2. The third kappa shape index (κ3) is 6.06. The first-order chi connectivity index (χ1) is 16.9. The molecular weight excluding hydrogens is 449 g/mol. The molecule has 0 spiro atoms. The molecule has 0 radical (unpaired) electrons. The van der Waals surface area contributed by atoms with E-state index in [0.29, 0.717) is 41.5 Å². The Balaban J connectivity index is 1.45. The molecule has 1 unspecified atom stereocenters. The molecule has 4 rings (SSSR count). The van der Waals surface area contributed by atoms with Gasteiger partial charge in [0.05, 0.1) is 18.2 Å². The van der Waals surface area contributed by atoms with E-state index in [4.69, 9.17) is 13.9 Å². The van der Waals surface area contributed by atoms with E-state index in [9.17, 15) is 14.3 Å². The molecule has 0 amide bonds. The van der Waals surface area contributed by atoms with Crippen molar-refractivity contribution in [3.63, 3.8) is 0 Å². The van der Waals surface area contributed by atoms with E-state index >= 15 is 0 Å². The summed E-state index contributed by atoms with van der Waals surface area (Å²) in [5.74, 6) is 0.168. The molecule has 1 heterocycles. The number of hydrogen-bond donors (Lipinski definition) is 1. The normalized spacial score (nSPS) is 11.7. The quantitative estimate of drug-likeness (QED) is 0.295. The standard InChI is InChI=1S/C28H26FNO5/c1-18(28(31)32)25-12-11-24(15-21(25)17-34-23-10-6-9-22(29)16-23)33-14-13-26-19(2)35-27(30-26)20-7-4-3-5-8-20/h3-12,15-16,18H,13-14,17H2,1-2H3,(H,31,32). The third-order valence-electron chi connectivity index (χ3n) is 5.66. The van der Waals surface area contributed by atoms with Crippen molar-refractivity contribution < 1.29 is 28.2 Å². The molecule has 0 aliphatic heterocycles. The van der Waals surface area contributed by atoms with Gasteiger partial charge in [0.2, 0.25) is 5.89 Å². The lowest BCUT2D eigenvalue weighted by Gasteiger charge is -2.16. The van der Waals surface area contributed by atoms with Crippen LogP contribution < -0.4 is 9.47 Å². The summed E-state index contributed by atoms with van der Waals surface area (Å²) in [5.41, 5.74) is 3.00. The Bertz CT molecular complexity index is 1300. The maximum atomic E-state index is 13.5. The maximum absolute atomic E-state index is 13.5. The summed E-state index contributed by atoms with van der Waals surface area (Å²) in [5, 5.41) is 9.49. The molecule has 4 aromatic rings. The highest BCUT2D eigenvalue weighted by atomic mass is 19.1. The van der Waals surface area contributed by atoms with Crippen molar-refractivity contribution in [2.24, 2.45) is 0 Å². The Morgan fingerprint density at radius 2 is 1.80 bits per heavy atom. The minimum absolute atomic E-state index is 0.0798. The fourth-order valence-electron chi connectivity index (χ4n) is 3.70. The zero-order valence-corrected chi connectivity index (χ0v) is 19.5. The predicted molar refractivity (Wildman–Crippen MR) is 129 cm³/mol. The number of carbonyl (C=O) groups is 1. The number of nitrogens with zero attached hydrogens (tertiary/aromatic N) is 1. The second-order valence-corrected chi connectivity index (χ2v) is 8.15. The average molecular weight is 476 g/mol. The van der Waals surface area contributed by atoms with Gasteiger partial charge >= 0.3 is 5.97 Å². The minimum Gasteiger partial charge on any atom is -0.493 e. The summed E-state index contributed by atoms with van der Waals surface area (Å²) in [7, 11) is 0. The number of rotatable bonds is 10. The second kappa shape index (κ2) is 10.9. The van der Waals surface area contributed by atoms with Crippen molar-refractivity contribution in [1.29, 1.82) is 0 Å². The van der Waals surface area contributed by atoms with Crippen LogP contribution in [-0.4, -0.2) is 22.7 Å². The molecule has 3 aromatic carbocycles. The second-order valence-electron chi connectivity index (χ2n) is 8.15. The summed E-state index contributed by atoms with van der Waals surface area (Å²) < 4.78 is 31.0. The number of benzene rings is 3. The van der Waals surface area contributed by atoms with E-state index in [0.717, 1.165) is 17.0 Å². The van der Waals surface area contributed by atoms with E-state index in [1.807, 2.05) is 37.3 Å². The Hall–Kier alpha value is -4.13. The number of halogens is 1. The molecule has 0 saturated carbocycles. The lowest BCUT2D eigenvalue weighted by molar-refractivity contribution is -0.138. The summed E-state index contributed by atoms with van der Waals surface area (Å²) in [6.07, 6.45) is 0.546. The van der Waals surface area contributed by atoms with E-state index in [-0.39, 0.29) is 6.61 Å². The van der Waals surface area contributed by atoms with Crippen LogP contribution in [0.1, 0.15) is 35.4 Å². The number of aromatic nitrogens is 1. The molecule has 1 aromatic heterocycles. The van der Waals surface area contributed by atoms with Crippen LogP contribution >= 0.6 is 0 Å². The van der Waals surface area contributed by atoms with Crippen LogP contribution in [0.25, 0.3) is 11.5 Å². The molecular formula is C28H26FNO5. The zero-order valence-electron chi connectivity index (χ0n) is 19.5. The Kier molecular flexibility index (Phi) is 7.45. The highest BCUT2D eigenvalue weighted by Gasteiger charge is 2.19. The number of carboxylic acids is 1. The summed E-state index contributed by atoms with van der Waals surface area (Å²) in [6, 6.07) is 20.7. The molecule has 6 nitrogen and oxygen atoms in total. The summed E-state index contributed by atoms with van der Waals surface area (Å²) in [4.78, 5) is 16.2. The summed E-state index contributed by atoms with van der Waals surface area (Å²) in [6.45, 7) is 3.93. The molecule has 0 aliphatic rings. The van der Waals surface area contributed by atoms with Gasteiger partial charge in [0, 0.05) is 18.1 Å². The SMILES string of the molecule is Cc1oc(-c2ccccc2)nc1CCOc1ccc(C(C)C(=O)O)c(COc2cccc(F)c2)c1. The lowest BCUT2D eigenvalue weighted by atomic mass is 9.96. The van der Waals surface area contributed by atoms with Crippen LogP contribution in [0.2, 0.25) is 0 Å². The van der Waals surface area contributed by atoms with Crippen LogP contribution in [0.4, 0.5) is 4.39 Å². The minimum atomic E-state index is -0.943. The van der Waals surface area contributed by atoms with E-state index in [1.165, 1.54) is 12.1 Å². The van der Waals surface area contributed by atoms with Crippen molar-refractivity contribution in [1.82, 2.24) is 4.98 Å². The van der Waals surface area contributed by atoms with Crippen molar-refractivity contribution in [2.75, 3.05) is 6.61 Å². The zero-order chi connectivity index (χ0) is 24.8. The monoisotopic (exact) mass is 475 g/mol. The van der Waals surface area contributed by atoms with Crippen molar-refractivity contribution >= 4 is 5.97 Å². The van der Waals surface area contributed by atoms with Gasteiger partial charge in [0.25, 0.3) is 0 Å². The van der Waals surface area contributed by atoms with Crippen LogP contribution in [0.5, 0.6) is 11.5 Å². The van der Waals surface area contributed by atoms with Gasteiger partial charge in [-0.05, 0) is 61.4 Å². The number of carboxylic acid groups (broad SMARTS) is 1. The number of aliphatic carboxylic acids is 1. The predicted octanol–water partition coefficient (Wildman–Crippen LogP) is 6.18. The van der Waals surface area contributed by atoms with Gasteiger partial charge in [-0.15, -0.1) is 0 Å². The van der Waals surface area contributed by atoms with Gasteiger partial charge < -0.3 is 19.0 Å². The van der Waals surface area contributed by atoms with Crippen molar-refractivity contribution in [2.45, 2.75) is 32.8 Å².